The molecule has 8 N–H and O–H groups in total. The van der Waals surface area contributed by atoms with Gasteiger partial charge in [-0.05, 0) is 0 Å². The van der Waals surface area contributed by atoms with E-state index in [1.165, 1.54) is 0 Å². The first-order valence-corrected chi connectivity index (χ1v) is 2.63. The Hall–Kier alpha value is 1.000. The molecule has 0 fully saturated rings. The first kappa shape index (κ1) is 29.2. The second-order valence-electron chi connectivity index (χ2n) is 1.80. The van der Waals surface area contributed by atoms with Crippen molar-refractivity contribution in [3.05, 3.63) is 0 Å². The fourth-order valence-electron chi connectivity index (χ4n) is 0.350. The van der Waals surface area contributed by atoms with Crippen LogP contribution in [0.4, 0.5) is 0 Å². The van der Waals surface area contributed by atoms with Crippen molar-refractivity contribution in [2.24, 2.45) is 22.9 Å². The largest absolute Gasteiger partial charge is 0.329 e. The second kappa shape index (κ2) is 17.9. The Morgan fingerprint density at radius 2 is 0.833 bits per heavy atom. The third-order valence-electron chi connectivity index (χ3n) is 1.09. The van der Waals surface area contributed by atoms with Crippen LogP contribution in [0.5, 0.6) is 0 Å². The lowest BCUT2D eigenvalue weighted by atomic mass is 10.1. The molecule has 4 nitrogen and oxygen atoms in total. The van der Waals surface area contributed by atoms with Crippen LogP contribution >= 0.6 is 49.6 Å². The van der Waals surface area contributed by atoms with Gasteiger partial charge in [0.1, 0.15) is 0 Å². The number of rotatable bonds is 3. The van der Waals surface area contributed by atoms with Crippen molar-refractivity contribution in [3.8, 4) is 0 Å². The Balaban J connectivity index is -0.0000000408. The summed E-state index contributed by atoms with van der Waals surface area (Å²) >= 11 is 0. The zero-order valence-electron chi connectivity index (χ0n) is 6.51. The van der Waals surface area contributed by atoms with Gasteiger partial charge in [0.05, 0.1) is 0 Å². The van der Waals surface area contributed by atoms with E-state index in [9.17, 15) is 0 Å². The molecule has 0 heterocycles. The van der Waals surface area contributed by atoms with Crippen LogP contribution in [0.25, 0.3) is 0 Å². The Morgan fingerprint density at radius 1 is 0.667 bits per heavy atom. The van der Waals surface area contributed by atoms with Crippen molar-refractivity contribution in [2.45, 2.75) is 12.1 Å². The van der Waals surface area contributed by atoms with Crippen LogP contribution in [0.3, 0.4) is 0 Å². The average molecular weight is 264 g/mol. The molecule has 0 amide bonds. The summed E-state index contributed by atoms with van der Waals surface area (Å²) < 4.78 is 0. The molecule has 8 heteroatoms. The molecule has 0 bridgehead atoms. The molecule has 0 rings (SSSR count). The van der Waals surface area contributed by atoms with Gasteiger partial charge in [-0.3, -0.25) is 0 Å². The van der Waals surface area contributed by atoms with E-state index in [-0.39, 0.29) is 61.7 Å². The first-order valence-electron chi connectivity index (χ1n) is 2.63. The van der Waals surface area contributed by atoms with Crippen LogP contribution in [0.2, 0.25) is 0 Å². The Labute approximate surface area is 97.8 Å². The van der Waals surface area contributed by atoms with Crippen LogP contribution in [-0.4, -0.2) is 25.2 Å². The molecule has 0 aliphatic heterocycles. The summed E-state index contributed by atoms with van der Waals surface area (Å²) in [6, 6.07) is -0.306. The highest BCUT2D eigenvalue weighted by molar-refractivity contribution is 5.86. The summed E-state index contributed by atoms with van der Waals surface area (Å²) in [6.45, 7) is 0.802. The molecule has 2 atom stereocenters. The second-order valence-corrected chi connectivity index (χ2v) is 1.80. The highest BCUT2D eigenvalue weighted by Gasteiger charge is 2.07. The van der Waals surface area contributed by atoms with Gasteiger partial charge < -0.3 is 22.9 Å². The Kier molecular flexibility index (Phi) is 43.7. The normalized spacial score (nSPS) is 12.0. The van der Waals surface area contributed by atoms with Crippen LogP contribution < -0.4 is 22.9 Å². The molecule has 0 unspecified atom stereocenters. The third-order valence-corrected chi connectivity index (χ3v) is 1.09. The van der Waals surface area contributed by atoms with Gasteiger partial charge in [-0.1, -0.05) is 0 Å². The minimum absolute atomic E-state index is 0. The van der Waals surface area contributed by atoms with Crippen molar-refractivity contribution in [3.63, 3.8) is 0 Å². The summed E-state index contributed by atoms with van der Waals surface area (Å²) in [7, 11) is 0. The number of nitrogens with two attached hydrogens (primary N) is 4. The van der Waals surface area contributed by atoms with Crippen molar-refractivity contribution in [2.75, 3.05) is 13.1 Å². The maximum atomic E-state index is 5.40. The van der Waals surface area contributed by atoms with E-state index in [1.807, 2.05) is 0 Å². The molecule has 0 saturated carbocycles. The van der Waals surface area contributed by atoms with Crippen molar-refractivity contribution >= 4 is 49.6 Å². The van der Waals surface area contributed by atoms with Gasteiger partial charge >= 0.3 is 0 Å². The minimum Gasteiger partial charge on any atom is -0.329 e. The molecule has 0 spiro atoms. The monoisotopic (exact) mass is 262 g/mol. The number of hydrogen-bond acceptors (Lipinski definition) is 4. The van der Waals surface area contributed by atoms with E-state index in [1.54, 1.807) is 0 Å². The molecular formula is C4H18Cl4N4. The van der Waals surface area contributed by atoms with E-state index in [4.69, 9.17) is 22.9 Å². The predicted octanol–water partition coefficient (Wildman–Crippen LogP) is -0.754. The molecule has 82 valence electrons. The average Bonchev–Trinajstić information content (AvgIpc) is 1.84. The molecule has 0 aromatic heterocycles. The van der Waals surface area contributed by atoms with Gasteiger partial charge in [0.25, 0.3) is 0 Å². The maximum absolute atomic E-state index is 5.40. The van der Waals surface area contributed by atoms with Gasteiger partial charge in [-0.25, -0.2) is 0 Å². The zero-order valence-corrected chi connectivity index (χ0v) is 9.78. The van der Waals surface area contributed by atoms with Crippen LogP contribution in [0, 0.1) is 0 Å². The SMILES string of the molecule is Cl.Cl.Cl.Cl.NC[C@@H](N)[C@@H](N)CN. The number of hydrogen-bond donors (Lipinski definition) is 4. The van der Waals surface area contributed by atoms with Gasteiger partial charge in [0.2, 0.25) is 0 Å². The molecule has 0 radical (unpaired) electrons. The molecule has 0 aliphatic carbocycles. The van der Waals surface area contributed by atoms with Crippen LogP contribution in [0.15, 0.2) is 0 Å². The van der Waals surface area contributed by atoms with E-state index < -0.39 is 0 Å². The topological polar surface area (TPSA) is 104 Å². The lowest BCUT2D eigenvalue weighted by Crippen LogP contribution is -2.50. The predicted molar refractivity (Wildman–Crippen MR) is 63.1 cm³/mol. The highest BCUT2D eigenvalue weighted by Crippen LogP contribution is 1.77. The molecule has 0 saturated heterocycles. The fraction of sp³-hybridized carbons (Fsp3) is 1.00. The van der Waals surface area contributed by atoms with E-state index >= 15 is 0 Å². The maximum Gasteiger partial charge on any atom is 0.0329 e. The van der Waals surface area contributed by atoms with Gasteiger partial charge in [-0.15, -0.1) is 49.6 Å². The van der Waals surface area contributed by atoms with E-state index in [0.717, 1.165) is 0 Å². The van der Waals surface area contributed by atoms with Crippen LogP contribution in [0.1, 0.15) is 0 Å². The molecule has 0 aromatic rings. The summed E-state index contributed by atoms with van der Waals surface area (Å²) in [5, 5.41) is 0. The quantitative estimate of drug-likeness (QED) is 0.538. The van der Waals surface area contributed by atoms with Gasteiger partial charge in [0, 0.05) is 25.2 Å². The lowest BCUT2D eigenvalue weighted by Gasteiger charge is -2.14. The van der Waals surface area contributed by atoms with E-state index in [2.05, 4.69) is 0 Å². The van der Waals surface area contributed by atoms with Crippen molar-refractivity contribution in [1.29, 1.82) is 0 Å². The summed E-state index contributed by atoms with van der Waals surface area (Å²) in [5.41, 5.74) is 21.2. The summed E-state index contributed by atoms with van der Waals surface area (Å²) in [5.74, 6) is 0. The Morgan fingerprint density at radius 3 is 0.917 bits per heavy atom. The van der Waals surface area contributed by atoms with Crippen molar-refractivity contribution < 1.29 is 0 Å². The minimum atomic E-state index is -0.153. The summed E-state index contributed by atoms with van der Waals surface area (Å²) in [6.07, 6.45) is 0. The molecule has 0 aromatic carbocycles. The lowest BCUT2D eigenvalue weighted by molar-refractivity contribution is 0.540. The van der Waals surface area contributed by atoms with Crippen LogP contribution in [-0.2, 0) is 0 Å². The zero-order chi connectivity index (χ0) is 6.57. The molecule has 12 heavy (non-hydrogen) atoms. The van der Waals surface area contributed by atoms with E-state index in [0.29, 0.717) is 13.1 Å². The highest BCUT2D eigenvalue weighted by atomic mass is 35.5. The van der Waals surface area contributed by atoms with Gasteiger partial charge in [-0.2, -0.15) is 0 Å². The standard InChI is InChI=1S/C4H14N4.4ClH/c5-1-3(7)4(8)2-6;;;;/h3-4H,1-2,5-8H2;4*1H/t3-,4+;;;;. The fourth-order valence-corrected chi connectivity index (χ4v) is 0.350. The molecular weight excluding hydrogens is 246 g/mol. The number of halogens is 4. The summed E-state index contributed by atoms with van der Waals surface area (Å²) in [4.78, 5) is 0. The first-order chi connectivity index (χ1) is 3.72. The third kappa shape index (κ3) is 13.6. The Bertz CT molecular complexity index is 59.0. The van der Waals surface area contributed by atoms with Gasteiger partial charge in [0.15, 0.2) is 0 Å². The van der Waals surface area contributed by atoms with Crippen molar-refractivity contribution in [1.82, 2.24) is 0 Å². The molecule has 0 aliphatic rings. The smallest absolute Gasteiger partial charge is 0.0329 e.